The highest BCUT2D eigenvalue weighted by Gasteiger charge is 2.37. The number of nitrogens with one attached hydrogen (secondary N) is 1. The third-order valence-corrected chi connectivity index (χ3v) is 2.65. The Labute approximate surface area is 90.3 Å². The van der Waals surface area contributed by atoms with Crippen LogP contribution in [0.25, 0.3) is 0 Å². The van der Waals surface area contributed by atoms with Gasteiger partial charge in [0.1, 0.15) is 5.82 Å². The van der Waals surface area contributed by atoms with Gasteiger partial charge in [-0.05, 0) is 0 Å². The summed E-state index contributed by atoms with van der Waals surface area (Å²) in [7, 11) is 0. The third-order valence-electron chi connectivity index (χ3n) is 2.65. The summed E-state index contributed by atoms with van der Waals surface area (Å²) in [6.07, 6.45) is 1.07. The van der Waals surface area contributed by atoms with E-state index in [2.05, 4.69) is 15.3 Å². The second-order valence-electron chi connectivity index (χ2n) is 3.63. The molecule has 16 heavy (non-hydrogen) atoms. The molecular weight excluding hydrogens is 212 g/mol. The van der Waals surface area contributed by atoms with Crippen LogP contribution < -0.4 is 16.8 Å². The quantitative estimate of drug-likeness (QED) is 0.540. The Bertz CT molecular complexity index is 493. The third kappa shape index (κ3) is 1.06. The van der Waals surface area contributed by atoms with Crippen LogP contribution in [-0.4, -0.2) is 34.1 Å². The van der Waals surface area contributed by atoms with Crippen molar-refractivity contribution in [3.05, 3.63) is 12.0 Å². The van der Waals surface area contributed by atoms with Crippen molar-refractivity contribution >= 4 is 17.7 Å². The van der Waals surface area contributed by atoms with E-state index in [0.717, 1.165) is 0 Å². The number of hydrogen-bond acceptors (Lipinski definition) is 6. The van der Waals surface area contributed by atoms with E-state index in [4.69, 9.17) is 16.2 Å². The van der Waals surface area contributed by atoms with Crippen molar-refractivity contribution < 1.29 is 9.53 Å². The second kappa shape index (κ2) is 2.87. The van der Waals surface area contributed by atoms with Crippen molar-refractivity contribution in [2.24, 2.45) is 16.5 Å². The lowest BCUT2D eigenvalue weighted by atomic mass is 10.2. The van der Waals surface area contributed by atoms with Crippen LogP contribution in [-0.2, 0) is 4.74 Å². The average Bonchev–Trinajstić information content (AvgIpc) is 2.77. The predicted molar refractivity (Wildman–Crippen MR) is 54.8 cm³/mol. The number of imidazole rings is 1. The average molecular weight is 222 g/mol. The molecule has 0 radical (unpaired) electrons. The molecule has 0 fully saturated rings. The maximum Gasteiger partial charge on any atom is 0.284 e. The van der Waals surface area contributed by atoms with E-state index in [-0.39, 0.29) is 24.0 Å². The molecule has 1 aromatic rings. The Kier molecular flexibility index (Phi) is 1.62. The molecule has 0 bridgehead atoms. The van der Waals surface area contributed by atoms with Gasteiger partial charge >= 0.3 is 0 Å². The van der Waals surface area contributed by atoms with Crippen LogP contribution in [0.3, 0.4) is 0 Å². The summed E-state index contributed by atoms with van der Waals surface area (Å²) < 4.78 is 6.99. The molecule has 0 spiro atoms. The van der Waals surface area contributed by atoms with Gasteiger partial charge in [-0.2, -0.15) is 0 Å². The van der Waals surface area contributed by atoms with Crippen molar-refractivity contribution in [2.75, 3.05) is 11.9 Å². The molecule has 1 amide bonds. The van der Waals surface area contributed by atoms with Gasteiger partial charge in [0.15, 0.2) is 18.0 Å². The highest BCUT2D eigenvalue weighted by atomic mass is 16.5. The van der Waals surface area contributed by atoms with E-state index >= 15 is 0 Å². The molecule has 0 saturated heterocycles. The van der Waals surface area contributed by atoms with Gasteiger partial charge < -0.3 is 21.5 Å². The summed E-state index contributed by atoms with van der Waals surface area (Å²) >= 11 is 0. The summed E-state index contributed by atoms with van der Waals surface area (Å²) in [4.78, 5) is 19.2. The van der Waals surface area contributed by atoms with Crippen LogP contribution in [0.1, 0.15) is 16.7 Å². The van der Waals surface area contributed by atoms with Crippen LogP contribution in [0.4, 0.5) is 5.82 Å². The number of nitrogens with two attached hydrogens (primary N) is 2. The summed E-state index contributed by atoms with van der Waals surface area (Å²) in [6.45, 7) is 0.515. The number of hydrogen-bond donors (Lipinski definition) is 3. The van der Waals surface area contributed by atoms with Crippen molar-refractivity contribution in [3.63, 3.8) is 0 Å². The number of primary amides is 1. The lowest BCUT2D eigenvalue weighted by Crippen LogP contribution is -2.35. The summed E-state index contributed by atoms with van der Waals surface area (Å²) in [5.74, 6) is -0.00799. The van der Waals surface area contributed by atoms with Crippen molar-refractivity contribution in [3.8, 4) is 0 Å². The predicted octanol–water partition coefficient (Wildman–Crippen LogP) is -1.38. The molecule has 2 aliphatic heterocycles. The maximum atomic E-state index is 11.1. The number of fused-ring (bicyclic) bond motifs is 3. The lowest BCUT2D eigenvalue weighted by molar-refractivity contribution is 0.0996. The largest absolute Gasteiger partial charge is 0.456 e. The number of amidine groups is 1. The highest BCUT2D eigenvalue weighted by Crippen LogP contribution is 2.31. The SMILES string of the molecule is NC(=O)c1ncn2c1NC[C@H]1OC(N)=N[C@H]12. The van der Waals surface area contributed by atoms with Gasteiger partial charge in [0.25, 0.3) is 11.9 Å². The number of aliphatic imine (C=N–C) groups is 1. The Balaban J connectivity index is 2.07. The minimum atomic E-state index is -0.574. The normalized spacial score (nSPS) is 26.1. The van der Waals surface area contributed by atoms with Gasteiger partial charge in [-0.1, -0.05) is 0 Å². The Morgan fingerprint density at radius 3 is 3.25 bits per heavy atom. The van der Waals surface area contributed by atoms with Crippen LogP contribution in [0.15, 0.2) is 11.3 Å². The number of nitrogens with zero attached hydrogens (tertiary/aromatic N) is 3. The number of carbonyl (C=O) groups excluding carboxylic acids is 1. The zero-order valence-electron chi connectivity index (χ0n) is 8.25. The first-order valence-electron chi connectivity index (χ1n) is 4.77. The van der Waals surface area contributed by atoms with Crippen molar-refractivity contribution in [1.82, 2.24) is 9.55 Å². The van der Waals surface area contributed by atoms with E-state index < -0.39 is 5.91 Å². The van der Waals surface area contributed by atoms with E-state index in [1.54, 1.807) is 4.57 Å². The van der Waals surface area contributed by atoms with E-state index in [0.29, 0.717) is 12.4 Å². The Morgan fingerprint density at radius 2 is 2.50 bits per heavy atom. The number of amides is 1. The minimum absolute atomic E-state index is 0.152. The van der Waals surface area contributed by atoms with Gasteiger partial charge in [-0.3, -0.25) is 9.36 Å². The first-order chi connectivity index (χ1) is 7.66. The molecule has 84 valence electrons. The molecule has 2 aliphatic rings. The van der Waals surface area contributed by atoms with E-state index in [1.165, 1.54) is 6.33 Å². The standard InChI is InChI=1S/C8H10N6O2/c9-5(15)4-7-11-1-3-6(13-8(10)16-3)14(7)2-12-4/h2-3,6,11H,1H2,(H2,9,15)(H2,10,13)/t3-,6+/m1/s1. The molecule has 8 nitrogen and oxygen atoms in total. The molecule has 0 aliphatic carbocycles. The van der Waals surface area contributed by atoms with Crippen LogP contribution in [0.2, 0.25) is 0 Å². The number of anilines is 1. The fraction of sp³-hybridized carbons (Fsp3) is 0.375. The summed E-state index contributed by atoms with van der Waals surface area (Å²) in [5.41, 5.74) is 10.9. The molecule has 8 heteroatoms. The zero-order valence-corrected chi connectivity index (χ0v) is 8.25. The van der Waals surface area contributed by atoms with Gasteiger partial charge in [0.05, 0.1) is 12.9 Å². The lowest BCUT2D eigenvalue weighted by Gasteiger charge is -2.26. The molecular formula is C8H10N6O2. The van der Waals surface area contributed by atoms with Crippen LogP contribution in [0.5, 0.6) is 0 Å². The molecule has 3 rings (SSSR count). The molecule has 0 saturated carbocycles. The maximum absolute atomic E-state index is 11.1. The Morgan fingerprint density at radius 1 is 1.69 bits per heavy atom. The molecule has 5 N–H and O–H groups in total. The van der Waals surface area contributed by atoms with Gasteiger partial charge in [0, 0.05) is 0 Å². The van der Waals surface area contributed by atoms with E-state index in [1.807, 2.05) is 0 Å². The summed E-state index contributed by atoms with van der Waals surface area (Å²) in [5, 5.41) is 3.03. The van der Waals surface area contributed by atoms with Gasteiger partial charge in [0.2, 0.25) is 0 Å². The van der Waals surface area contributed by atoms with Gasteiger partial charge in [-0.15, -0.1) is 0 Å². The van der Waals surface area contributed by atoms with Crippen molar-refractivity contribution in [1.29, 1.82) is 0 Å². The fourth-order valence-corrected chi connectivity index (χ4v) is 1.96. The minimum Gasteiger partial charge on any atom is -0.456 e. The number of aromatic nitrogens is 2. The smallest absolute Gasteiger partial charge is 0.284 e. The monoisotopic (exact) mass is 222 g/mol. The second-order valence-corrected chi connectivity index (χ2v) is 3.63. The zero-order chi connectivity index (χ0) is 11.3. The molecule has 3 heterocycles. The van der Waals surface area contributed by atoms with Crippen molar-refractivity contribution in [2.45, 2.75) is 12.3 Å². The number of ether oxygens (including phenoxy) is 1. The molecule has 1 aromatic heterocycles. The van der Waals surface area contributed by atoms with Crippen LogP contribution in [0, 0.1) is 0 Å². The molecule has 0 unspecified atom stereocenters. The van der Waals surface area contributed by atoms with Crippen LogP contribution >= 0.6 is 0 Å². The highest BCUT2D eigenvalue weighted by molar-refractivity contribution is 5.96. The number of carbonyl (C=O) groups is 1. The molecule has 0 aromatic carbocycles. The van der Waals surface area contributed by atoms with Gasteiger partial charge in [-0.25, -0.2) is 9.98 Å². The first-order valence-corrected chi connectivity index (χ1v) is 4.77. The van der Waals surface area contributed by atoms with E-state index in [9.17, 15) is 4.79 Å². The summed E-state index contributed by atoms with van der Waals surface area (Å²) in [6, 6.07) is 0.152. The topological polar surface area (TPSA) is 121 Å². The fourth-order valence-electron chi connectivity index (χ4n) is 1.96. The molecule has 2 atom stereocenters. The number of rotatable bonds is 1. The Hall–Kier alpha value is -2.25. The first kappa shape index (κ1) is 9.01.